The zero-order valence-corrected chi connectivity index (χ0v) is 9.60. The van der Waals surface area contributed by atoms with Gasteiger partial charge in [-0.2, -0.15) is 11.8 Å². The van der Waals surface area contributed by atoms with Gasteiger partial charge in [-0.15, -0.1) is 0 Å². The van der Waals surface area contributed by atoms with Crippen molar-refractivity contribution in [2.75, 3.05) is 38.8 Å². The summed E-state index contributed by atoms with van der Waals surface area (Å²) in [5, 5.41) is 0. The van der Waals surface area contributed by atoms with Crippen LogP contribution in [-0.2, 0) is 9.53 Å². The lowest BCUT2D eigenvalue weighted by Crippen LogP contribution is -2.55. The summed E-state index contributed by atoms with van der Waals surface area (Å²) in [7, 11) is 1.80. The van der Waals surface area contributed by atoms with Gasteiger partial charge in [0.05, 0.1) is 6.61 Å². The van der Waals surface area contributed by atoms with Crippen molar-refractivity contribution >= 4 is 17.7 Å². The Morgan fingerprint density at radius 2 is 2.43 bits per heavy atom. The number of hydrogen-bond acceptors (Lipinski definition) is 4. The average Bonchev–Trinajstić information content (AvgIpc) is 2.61. The second-order valence-electron chi connectivity index (χ2n) is 3.68. The van der Waals surface area contributed by atoms with E-state index in [4.69, 9.17) is 10.5 Å². The minimum absolute atomic E-state index is 0.00375. The molecule has 1 atom stereocenters. The summed E-state index contributed by atoms with van der Waals surface area (Å²) in [5.41, 5.74) is 5.18. The lowest BCUT2D eigenvalue weighted by Gasteiger charge is -2.27. The van der Waals surface area contributed by atoms with Gasteiger partial charge in [0.2, 0.25) is 5.91 Å². The van der Waals surface area contributed by atoms with Gasteiger partial charge in [-0.05, 0) is 12.7 Å². The predicted octanol–water partition coefficient (Wildman–Crippen LogP) is -0.0744. The molecule has 0 aromatic rings. The van der Waals surface area contributed by atoms with E-state index in [1.807, 2.05) is 6.26 Å². The van der Waals surface area contributed by atoms with E-state index < -0.39 is 5.54 Å². The summed E-state index contributed by atoms with van der Waals surface area (Å²) in [6.07, 6.45) is 2.66. The van der Waals surface area contributed by atoms with Gasteiger partial charge >= 0.3 is 0 Å². The SMILES string of the molecule is CSCCN(C)C(=O)C1(N)CCOC1. The topological polar surface area (TPSA) is 55.6 Å². The maximum Gasteiger partial charge on any atom is 0.244 e. The van der Waals surface area contributed by atoms with Crippen LogP contribution in [0.3, 0.4) is 0 Å². The number of nitrogens with zero attached hydrogens (tertiary/aromatic N) is 1. The number of likely N-dealkylation sites (N-methyl/N-ethyl adjacent to an activating group) is 1. The van der Waals surface area contributed by atoms with Crippen molar-refractivity contribution in [3.05, 3.63) is 0 Å². The molecule has 1 saturated heterocycles. The van der Waals surface area contributed by atoms with Crippen LogP contribution in [0.25, 0.3) is 0 Å². The van der Waals surface area contributed by atoms with Gasteiger partial charge < -0.3 is 15.4 Å². The van der Waals surface area contributed by atoms with Crippen LogP contribution in [0.1, 0.15) is 6.42 Å². The standard InChI is InChI=1S/C9H18N2O2S/c1-11(4-6-14-2)8(12)9(10)3-5-13-7-9/h3-7,10H2,1-2H3. The Hall–Kier alpha value is -0.260. The minimum atomic E-state index is -0.771. The summed E-state index contributed by atoms with van der Waals surface area (Å²) in [5.74, 6) is 0.947. The van der Waals surface area contributed by atoms with Crippen LogP contribution in [0.15, 0.2) is 0 Å². The van der Waals surface area contributed by atoms with Gasteiger partial charge in [0.25, 0.3) is 0 Å². The summed E-state index contributed by atoms with van der Waals surface area (Å²) in [4.78, 5) is 13.6. The van der Waals surface area contributed by atoms with Crippen LogP contribution < -0.4 is 5.73 Å². The third-order valence-corrected chi connectivity index (χ3v) is 3.05. The Bertz CT molecular complexity index is 205. The molecule has 1 amide bonds. The second-order valence-corrected chi connectivity index (χ2v) is 4.66. The van der Waals surface area contributed by atoms with Crippen LogP contribution in [0.2, 0.25) is 0 Å². The maximum absolute atomic E-state index is 11.9. The molecule has 2 N–H and O–H groups in total. The number of carbonyl (C=O) groups excluding carboxylic acids is 1. The molecule has 0 aromatic carbocycles. The minimum Gasteiger partial charge on any atom is -0.379 e. The molecule has 5 heteroatoms. The first-order chi connectivity index (χ1) is 6.60. The largest absolute Gasteiger partial charge is 0.379 e. The normalized spacial score (nSPS) is 26.5. The fourth-order valence-electron chi connectivity index (χ4n) is 1.46. The quantitative estimate of drug-likeness (QED) is 0.717. The Balaban J connectivity index is 2.46. The van der Waals surface area contributed by atoms with Crippen molar-refractivity contribution < 1.29 is 9.53 Å². The van der Waals surface area contributed by atoms with Gasteiger partial charge in [0, 0.05) is 26.0 Å². The summed E-state index contributed by atoms with van der Waals surface area (Å²) >= 11 is 1.72. The molecular weight excluding hydrogens is 200 g/mol. The second kappa shape index (κ2) is 5.00. The average molecular weight is 218 g/mol. The first-order valence-corrected chi connectivity index (χ1v) is 6.11. The zero-order chi connectivity index (χ0) is 10.6. The van der Waals surface area contributed by atoms with E-state index in [0.29, 0.717) is 19.6 Å². The molecule has 4 nitrogen and oxygen atoms in total. The fraction of sp³-hybridized carbons (Fsp3) is 0.889. The molecule has 0 saturated carbocycles. The van der Waals surface area contributed by atoms with Gasteiger partial charge in [0.15, 0.2) is 0 Å². The molecule has 1 aliphatic rings. The molecule has 1 aliphatic heterocycles. The first kappa shape index (κ1) is 11.8. The third kappa shape index (κ3) is 2.62. The van der Waals surface area contributed by atoms with E-state index in [1.165, 1.54) is 0 Å². The van der Waals surface area contributed by atoms with Crippen LogP contribution in [0.5, 0.6) is 0 Å². The first-order valence-electron chi connectivity index (χ1n) is 4.71. The summed E-state index contributed by atoms with van der Waals surface area (Å²) < 4.78 is 5.16. The highest BCUT2D eigenvalue weighted by molar-refractivity contribution is 7.98. The van der Waals surface area contributed by atoms with E-state index in [1.54, 1.807) is 23.7 Å². The zero-order valence-electron chi connectivity index (χ0n) is 8.78. The highest BCUT2D eigenvalue weighted by Gasteiger charge is 2.39. The van der Waals surface area contributed by atoms with Crippen molar-refractivity contribution in [1.29, 1.82) is 0 Å². The molecule has 0 bridgehead atoms. The number of rotatable bonds is 4. The van der Waals surface area contributed by atoms with Gasteiger partial charge in [-0.1, -0.05) is 0 Å². The summed E-state index contributed by atoms with van der Waals surface area (Å²) in [6, 6.07) is 0. The van der Waals surface area contributed by atoms with Gasteiger partial charge in [-0.3, -0.25) is 4.79 Å². The molecule has 0 radical (unpaired) electrons. The molecule has 82 valence electrons. The van der Waals surface area contributed by atoms with E-state index in [9.17, 15) is 4.79 Å². The van der Waals surface area contributed by atoms with Crippen molar-refractivity contribution in [3.8, 4) is 0 Å². The Kier molecular flexibility index (Phi) is 4.22. The molecule has 0 aromatic heterocycles. The highest BCUT2D eigenvalue weighted by atomic mass is 32.2. The number of ether oxygens (including phenoxy) is 1. The van der Waals surface area contributed by atoms with Crippen LogP contribution in [-0.4, -0.2) is 55.2 Å². The van der Waals surface area contributed by atoms with Gasteiger partial charge in [0.1, 0.15) is 5.54 Å². The molecule has 1 rings (SSSR count). The molecule has 0 spiro atoms. The number of thioether (sulfide) groups is 1. The van der Waals surface area contributed by atoms with Crippen molar-refractivity contribution in [3.63, 3.8) is 0 Å². The Morgan fingerprint density at radius 3 is 2.93 bits per heavy atom. The van der Waals surface area contributed by atoms with Crippen LogP contribution in [0, 0.1) is 0 Å². The smallest absolute Gasteiger partial charge is 0.244 e. The van der Waals surface area contributed by atoms with Crippen LogP contribution in [0.4, 0.5) is 0 Å². The number of carbonyl (C=O) groups is 1. The van der Waals surface area contributed by atoms with Crippen molar-refractivity contribution in [2.45, 2.75) is 12.0 Å². The lowest BCUT2D eigenvalue weighted by molar-refractivity contribution is -0.135. The molecule has 0 aliphatic carbocycles. The molecular formula is C9H18N2O2S. The predicted molar refractivity (Wildman–Crippen MR) is 58.4 cm³/mol. The maximum atomic E-state index is 11.9. The number of hydrogen-bond donors (Lipinski definition) is 1. The molecule has 1 fully saturated rings. The monoisotopic (exact) mass is 218 g/mol. The van der Waals surface area contributed by atoms with E-state index in [0.717, 1.165) is 12.3 Å². The third-order valence-electron chi connectivity index (χ3n) is 2.46. The molecule has 1 unspecified atom stereocenters. The van der Waals surface area contributed by atoms with E-state index in [-0.39, 0.29) is 5.91 Å². The van der Waals surface area contributed by atoms with E-state index in [2.05, 4.69) is 0 Å². The van der Waals surface area contributed by atoms with E-state index >= 15 is 0 Å². The summed E-state index contributed by atoms with van der Waals surface area (Å²) in [6.45, 7) is 1.70. The molecule has 1 heterocycles. The fourth-order valence-corrected chi connectivity index (χ4v) is 1.92. The van der Waals surface area contributed by atoms with Crippen LogP contribution >= 0.6 is 11.8 Å². The highest BCUT2D eigenvalue weighted by Crippen LogP contribution is 2.17. The Morgan fingerprint density at radius 1 is 1.71 bits per heavy atom. The lowest BCUT2D eigenvalue weighted by atomic mass is 9.99. The van der Waals surface area contributed by atoms with Crippen molar-refractivity contribution in [1.82, 2.24) is 4.90 Å². The molecule has 14 heavy (non-hydrogen) atoms. The number of amides is 1. The van der Waals surface area contributed by atoms with Crippen molar-refractivity contribution in [2.24, 2.45) is 5.73 Å². The Labute approximate surface area is 89.2 Å². The number of nitrogens with two attached hydrogens (primary N) is 1. The van der Waals surface area contributed by atoms with Gasteiger partial charge in [-0.25, -0.2) is 0 Å².